The van der Waals surface area contributed by atoms with Gasteiger partial charge >= 0.3 is 5.82 Å². The maximum atomic E-state index is 11.3. The van der Waals surface area contributed by atoms with Gasteiger partial charge in [0, 0.05) is 12.5 Å². The molecule has 2 aromatic rings. The summed E-state index contributed by atoms with van der Waals surface area (Å²) in [5.74, 6) is -0.673. The number of halogens is 2. The van der Waals surface area contributed by atoms with E-state index >= 15 is 0 Å². The number of carbonyl (C=O) groups is 1. The van der Waals surface area contributed by atoms with Gasteiger partial charge in [-0.3, -0.25) is 4.79 Å². The lowest BCUT2D eigenvalue weighted by atomic mass is 10.2. The minimum atomic E-state index is -0.624. The van der Waals surface area contributed by atoms with E-state index in [1.165, 1.54) is 19.1 Å². The van der Waals surface area contributed by atoms with Gasteiger partial charge < -0.3 is 10.1 Å². The summed E-state index contributed by atoms with van der Waals surface area (Å²) in [6, 6.07) is 4.64. The van der Waals surface area contributed by atoms with Crippen molar-refractivity contribution in [3.63, 3.8) is 0 Å². The van der Waals surface area contributed by atoms with Crippen LogP contribution in [0.3, 0.4) is 0 Å². The third-order valence-electron chi connectivity index (χ3n) is 2.27. The monoisotopic (exact) mass is 316 g/mol. The van der Waals surface area contributed by atoms with E-state index in [1.807, 2.05) is 0 Å². The van der Waals surface area contributed by atoms with Crippen LogP contribution in [0.4, 0.5) is 5.82 Å². The molecule has 0 radical (unpaired) electrons. The largest absolute Gasteiger partial charge is 0.383 e. The number of benzene rings is 1. The van der Waals surface area contributed by atoms with Gasteiger partial charge in [0.05, 0.1) is 10.0 Å². The summed E-state index contributed by atoms with van der Waals surface area (Å²) < 4.78 is 0. The summed E-state index contributed by atoms with van der Waals surface area (Å²) in [6.45, 7) is 1.31. The van der Waals surface area contributed by atoms with Crippen molar-refractivity contribution in [1.82, 2.24) is 4.98 Å². The van der Waals surface area contributed by atoms with E-state index in [2.05, 4.69) is 4.98 Å². The molecule has 0 N–H and O–H groups in total. The number of rotatable bonds is 3. The maximum absolute atomic E-state index is 11.3. The van der Waals surface area contributed by atoms with Crippen LogP contribution in [-0.4, -0.2) is 15.7 Å². The molecule has 0 bridgehead atoms. The summed E-state index contributed by atoms with van der Waals surface area (Å²) in [5, 5.41) is 11.7. The highest BCUT2D eigenvalue weighted by molar-refractivity contribution is 7.17. The van der Waals surface area contributed by atoms with Crippen molar-refractivity contribution in [2.75, 3.05) is 0 Å². The van der Waals surface area contributed by atoms with Gasteiger partial charge in [-0.2, -0.15) is 0 Å². The van der Waals surface area contributed by atoms with Crippen LogP contribution in [0.25, 0.3) is 10.4 Å². The molecule has 19 heavy (non-hydrogen) atoms. The zero-order chi connectivity index (χ0) is 14.2. The number of ketones is 1. The van der Waals surface area contributed by atoms with Crippen LogP contribution in [0, 0.1) is 10.1 Å². The lowest BCUT2D eigenvalue weighted by molar-refractivity contribution is -0.388. The van der Waals surface area contributed by atoms with Gasteiger partial charge in [-0.25, -0.2) is 0 Å². The average Bonchev–Trinajstić information content (AvgIpc) is 2.78. The lowest BCUT2D eigenvalue weighted by Gasteiger charge is -2.00. The second kappa shape index (κ2) is 5.24. The zero-order valence-corrected chi connectivity index (χ0v) is 11.8. The first-order valence-corrected chi connectivity index (χ1v) is 6.59. The minimum absolute atomic E-state index is 0.0905. The van der Waals surface area contributed by atoms with E-state index in [0.29, 0.717) is 10.6 Å². The predicted molar refractivity (Wildman–Crippen MR) is 74.2 cm³/mol. The standard InChI is InChI=1S/C11H6Cl2N2O3S/c1-5(16)11-14-10(15(17)18)9(19-11)6-2-3-7(12)8(13)4-6/h2-4H,1H3. The molecule has 0 saturated carbocycles. The predicted octanol–water partition coefficient (Wildman–Crippen LogP) is 4.23. The molecule has 98 valence electrons. The van der Waals surface area contributed by atoms with Crippen molar-refractivity contribution in [2.45, 2.75) is 6.92 Å². The highest BCUT2D eigenvalue weighted by atomic mass is 35.5. The van der Waals surface area contributed by atoms with Gasteiger partial charge in [-0.05, 0) is 22.0 Å². The highest BCUT2D eigenvalue weighted by Gasteiger charge is 2.26. The summed E-state index contributed by atoms with van der Waals surface area (Å²) in [7, 11) is 0. The van der Waals surface area contributed by atoms with Crippen molar-refractivity contribution < 1.29 is 9.72 Å². The Bertz CT molecular complexity index is 685. The lowest BCUT2D eigenvalue weighted by Crippen LogP contribution is -1.93. The Morgan fingerprint density at radius 2 is 2.05 bits per heavy atom. The molecule has 0 unspecified atom stereocenters. The van der Waals surface area contributed by atoms with Gasteiger partial charge in [0.25, 0.3) is 5.01 Å². The number of hydrogen-bond acceptors (Lipinski definition) is 5. The number of Topliss-reactive ketones (excluding diaryl/α,β-unsaturated/α-hetero) is 1. The molecule has 5 nitrogen and oxygen atoms in total. The minimum Gasteiger partial charge on any atom is -0.358 e. The van der Waals surface area contributed by atoms with Gasteiger partial charge in [-0.1, -0.05) is 40.6 Å². The summed E-state index contributed by atoms with van der Waals surface area (Å²) >= 11 is 12.6. The molecule has 0 aliphatic carbocycles. The van der Waals surface area contributed by atoms with Crippen LogP contribution in [-0.2, 0) is 0 Å². The van der Waals surface area contributed by atoms with E-state index in [4.69, 9.17) is 23.2 Å². The van der Waals surface area contributed by atoms with E-state index in [1.54, 1.807) is 6.07 Å². The van der Waals surface area contributed by atoms with Crippen molar-refractivity contribution in [2.24, 2.45) is 0 Å². The fourth-order valence-corrected chi connectivity index (χ4v) is 2.64. The molecule has 1 heterocycles. The fraction of sp³-hybridized carbons (Fsp3) is 0.0909. The van der Waals surface area contributed by atoms with Gasteiger partial charge in [0.2, 0.25) is 5.78 Å². The smallest absolute Gasteiger partial charge is 0.358 e. The second-order valence-electron chi connectivity index (χ2n) is 3.61. The van der Waals surface area contributed by atoms with Crippen LogP contribution in [0.15, 0.2) is 18.2 Å². The zero-order valence-electron chi connectivity index (χ0n) is 9.52. The first-order chi connectivity index (χ1) is 8.90. The molecular formula is C11H6Cl2N2O3S. The Morgan fingerprint density at radius 3 is 2.58 bits per heavy atom. The Kier molecular flexibility index (Phi) is 3.84. The third kappa shape index (κ3) is 2.75. The van der Waals surface area contributed by atoms with Crippen molar-refractivity contribution in [3.05, 3.63) is 43.4 Å². The molecule has 0 amide bonds. The highest BCUT2D eigenvalue weighted by Crippen LogP contribution is 2.37. The molecule has 0 atom stereocenters. The number of thiazole rings is 1. The SMILES string of the molecule is CC(=O)c1nc([N+](=O)[O-])c(-c2ccc(Cl)c(Cl)c2)s1. The Hall–Kier alpha value is -1.50. The van der Waals surface area contributed by atoms with Gasteiger partial charge in [0.1, 0.15) is 4.88 Å². The van der Waals surface area contributed by atoms with Crippen LogP contribution < -0.4 is 0 Å². The van der Waals surface area contributed by atoms with Crippen LogP contribution in [0.5, 0.6) is 0 Å². The third-order valence-corrected chi connectivity index (χ3v) is 4.20. The van der Waals surface area contributed by atoms with E-state index in [0.717, 1.165) is 11.3 Å². The molecular weight excluding hydrogens is 311 g/mol. The Labute approximate surface area is 121 Å². The van der Waals surface area contributed by atoms with Gasteiger partial charge in [-0.15, -0.1) is 0 Å². The van der Waals surface area contributed by atoms with Crippen molar-refractivity contribution >= 4 is 46.1 Å². The molecule has 0 saturated heterocycles. The Morgan fingerprint density at radius 1 is 1.37 bits per heavy atom. The molecule has 0 aliphatic rings. The number of nitro groups is 1. The molecule has 0 aliphatic heterocycles. The molecule has 0 fully saturated rings. The number of aromatic nitrogens is 1. The van der Waals surface area contributed by atoms with Crippen molar-refractivity contribution in [3.8, 4) is 10.4 Å². The normalized spacial score (nSPS) is 10.5. The maximum Gasteiger partial charge on any atom is 0.383 e. The topological polar surface area (TPSA) is 73.1 Å². The van der Waals surface area contributed by atoms with E-state index in [-0.39, 0.29) is 26.5 Å². The van der Waals surface area contributed by atoms with E-state index < -0.39 is 4.92 Å². The first-order valence-electron chi connectivity index (χ1n) is 5.01. The van der Waals surface area contributed by atoms with E-state index in [9.17, 15) is 14.9 Å². The molecule has 0 spiro atoms. The molecule has 1 aromatic heterocycles. The van der Waals surface area contributed by atoms with Gasteiger partial charge in [0.15, 0.2) is 0 Å². The molecule has 8 heteroatoms. The van der Waals surface area contributed by atoms with Crippen LogP contribution in [0.1, 0.15) is 16.7 Å². The summed E-state index contributed by atoms with van der Waals surface area (Å²) in [4.78, 5) is 25.6. The first kappa shape index (κ1) is 13.9. The summed E-state index contributed by atoms with van der Waals surface area (Å²) in [6.07, 6.45) is 0. The summed E-state index contributed by atoms with van der Waals surface area (Å²) in [5.41, 5.74) is 0.506. The number of hydrogen-bond donors (Lipinski definition) is 0. The van der Waals surface area contributed by atoms with Crippen LogP contribution in [0.2, 0.25) is 10.0 Å². The quantitative estimate of drug-likeness (QED) is 0.482. The second-order valence-corrected chi connectivity index (χ2v) is 5.43. The number of carbonyl (C=O) groups excluding carboxylic acids is 1. The average molecular weight is 317 g/mol. The van der Waals surface area contributed by atoms with Crippen LogP contribution >= 0.6 is 34.5 Å². The fourth-order valence-electron chi connectivity index (χ4n) is 1.41. The van der Waals surface area contributed by atoms with Crippen molar-refractivity contribution in [1.29, 1.82) is 0 Å². The number of nitrogens with zero attached hydrogens (tertiary/aromatic N) is 2. The Balaban J connectivity index is 2.62. The molecule has 2 rings (SSSR count). The molecule has 1 aromatic carbocycles.